The molecule has 4 rings (SSSR count). The summed E-state index contributed by atoms with van der Waals surface area (Å²) in [4.78, 5) is 15.3. The Kier molecular flexibility index (Phi) is 5.86. The molecule has 2 atom stereocenters. The fourth-order valence-corrected chi connectivity index (χ4v) is 3.91. The van der Waals surface area contributed by atoms with E-state index >= 15 is 0 Å². The third-order valence-corrected chi connectivity index (χ3v) is 5.25. The Labute approximate surface area is 177 Å². The largest absolute Gasteiger partial charge is 0.497 e. The molecule has 6 heteroatoms. The van der Waals surface area contributed by atoms with E-state index in [2.05, 4.69) is 12.1 Å². The topological polar surface area (TPSA) is 56.6 Å². The number of nitrogens with zero attached hydrogens (tertiary/aromatic N) is 3. The van der Waals surface area contributed by atoms with Gasteiger partial charge in [-0.2, -0.15) is 5.10 Å². The van der Waals surface area contributed by atoms with Gasteiger partial charge in [-0.1, -0.05) is 30.3 Å². The second-order valence-electron chi connectivity index (χ2n) is 7.77. The van der Waals surface area contributed by atoms with Crippen LogP contribution in [0.3, 0.4) is 0 Å². The first kappa shape index (κ1) is 20.2. The van der Waals surface area contributed by atoms with Crippen molar-refractivity contribution in [3.8, 4) is 17.0 Å². The van der Waals surface area contributed by atoms with Gasteiger partial charge in [0.1, 0.15) is 11.4 Å². The van der Waals surface area contributed by atoms with E-state index in [0.29, 0.717) is 30.9 Å². The van der Waals surface area contributed by atoms with Crippen molar-refractivity contribution < 1.29 is 14.3 Å². The van der Waals surface area contributed by atoms with Crippen LogP contribution in [-0.4, -0.2) is 53.0 Å². The number of benzene rings is 2. The van der Waals surface area contributed by atoms with Crippen molar-refractivity contribution >= 4 is 5.91 Å². The Morgan fingerprint density at radius 1 is 1.07 bits per heavy atom. The average molecular weight is 405 g/mol. The van der Waals surface area contributed by atoms with Crippen LogP contribution in [0.25, 0.3) is 11.3 Å². The van der Waals surface area contributed by atoms with Crippen LogP contribution in [0.5, 0.6) is 5.75 Å². The number of methoxy groups -OCH3 is 1. The van der Waals surface area contributed by atoms with Crippen LogP contribution >= 0.6 is 0 Å². The molecule has 1 aromatic heterocycles. The fourth-order valence-electron chi connectivity index (χ4n) is 3.91. The number of ether oxygens (including phenoxy) is 2. The van der Waals surface area contributed by atoms with Crippen molar-refractivity contribution in [1.29, 1.82) is 0 Å². The molecule has 0 saturated carbocycles. The zero-order valence-electron chi connectivity index (χ0n) is 17.6. The molecule has 2 unspecified atom stereocenters. The van der Waals surface area contributed by atoms with Crippen molar-refractivity contribution in [2.45, 2.75) is 32.6 Å². The molecule has 0 aliphatic carbocycles. The smallest absolute Gasteiger partial charge is 0.257 e. The van der Waals surface area contributed by atoms with E-state index in [9.17, 15) is 4.79 Å². The van der Waals surface area contributed by atoms with Crippen LogP contribution in [0.15, 0.2) is 60.8 Å². The molecule has 0 N–H and O–H groups in total. The molecular weight excluding hydrogens is 378 g/mol. The highest BCUT2D eigenvalue weighted by Crippen LogP contribution is 2.27. The SMILES string of the molecule is COc1ccc(-c2nn(Cc3ccccc3)cc2C(=O)N2CC(C)OC(C)C2)cc1. The van der Waals surface area contributed by atoms with Gasteiger partial charge in [0.15, 0.2) is 0 Å². The van der Waals surface area contributed by atoms with Gasteiger partial charge in [0.25, 0.3) is 5.91 Å². The first-order chi connectivity index (χ1) is 14.5. The molecule has 1 fully saturated rings. The summed E-state index contributed by atoms with van der Waals surface area (Å²) in [6, 6.07) is 17.8. The summed E-state index contributed by atoms with van der Waals surface area (Å²) in [5.74, 6) is 0.758. The first-order valence-corrected chi connectivity index (χ1v) is 10.2. The summed E-state index contributed by atoms with van der Waals surface area (Å²) >= 11 is 0. The van der Waals surface area contributed by atoms with Gasteiger partial charge < -0.3 is 14.4 Å². The van der Waals surface area contributed by atoms with Crippen LogP contribution in [0, 0.1) is 0 Å². The zero-order chi connectivity index (χ0) is 21.1. The fraction of sp³-hybridized carbons (Fsp3) is 0.333. The molecule has 1 amide bonds. The zero-order valence-corrected chi connectivity index (χ0v) is 17.6. The lowest BCUT2D eigenvalue weighted by molar-refractivity contribution is -0.0586. The summed E-state index contributed by atoms with van der Waals surface area (Å²) in [7, 11) is 1.64. The van der Waals surface area contributed by atoms with Crippen molar-refractivity contribution in [2.75, 3.05) is 20.2 Å². The highest BCUT2D eigenvalue weighted by atomic mass is 16.5. The molecule has 3 aromatic rings. The van der Waals surface area contributed by atoms with Gasteiger partial charge in [-0.05, 0) is 43.7 Å². The third kappa shape index (κ3) is 4.39. The van der Waals surface area contributed by atoms with E-state index in [-0.39, 0.29) is 18.1 Å². The number of aromatic nitrogens is 2. The number of morpholine rings is 1. The minimum absolute atomic E-state index is 0.0119. The van der Waals surface area contributed by atoms with Gasteiger partial charge in [-0.25, -0.2) is 0 Å². The Balaban J connectivity index is 1.70. The lowest BCUT2D eigenvalue weighted by Crippen LogP contribution is -2.48. The Bertz CT molecular complexity index is 988. The lowest BCUT2D eigenvalue weighted by Gasteiger charge is -2.35. The summed E-state index contributed by atoms with van der Waals surface area (Å²) in [6.45, 7) is 5.76. The van der Waals surface area contributed by atoms with Gasteiger partial charge in [0, 0.05) is 24.8 Å². The van der Waals surface area contributed by atoms with Gasteiger partial charge in [0.05, 0.1) is 31.4 Å². The second-order valence-corrected chi connectivity index (χ2v) is 7.77. The molecule has 6 nitrogen and oxygen atoms in total. The minimum atomic E-state index is -0.0119. The molecule has 30 heavy (non-hydrogen) atoms. The van der Waals surface area contributed by atoms with Crippen molar-refractivity contribution in [3.05, 3.63) is 71.9 Å². The molecule has 1 saturated heterocycles. The summed E-state index contributed by atoms with van der Waals surface area (Å²) in [5.41, 5.74) is 3.32. The van der Waals surface area contributed by atoms with E-state index < -0.39 is 0 Å². The molecule has 1 aliphatic heterocycles. The minimum Gasteiger partial charge on any atom is -0.497 e. The van der Waals surface area contributed by atoms with Crippen LogP contribution < -0.4 is 4.74 Å². The maximum atomic E-state index is 13.5. The Morgan fingerprint density at radius 3 is 2.37 bits per heavy atom. The van der Waals surface area contributed by atoms with Crippen molar-refractivity contribution in [1.82, 2.24) is 14.7 Å². The van der Waals surface area contributed by atoms with E-state index in [0.717, 1.165) is 16.9 Å². The molecule has 0 bridgehead atoms. The van der Waals surface area contributed by atoms with Crippen molar-refractivity contribution in [3.63, 3.8) is 0 Å². The molecular formula is C24H27N3O3. The van der Waals surface area contributed by atoms with Gasteiger partial charge in [0.2, 0.25) is 0 Å². The molecule has 156 valence electrons. The normalized spacial score (nSPS) is 19.0. The molecule has 2 heterocycles. The van der Waals surface area contributed by atoms with Crippen LogP contribution in [0.1, 0.15) is 29.8 Å². The first-order valence-electron chi connectivity index (χ1n) is 10.2. The molecule has 0 spiro atoms. The van der Waals surface area contributed by atoms with Gasteiger partial charge >= 0.3 is 0 Å². The van der Waals surface area contributed by atoms with E-state index in [4.69, 9.17) is 14.6 Å². The molecule has 2 aromatic carbocycles. The van der Waals surface area contributed by atoms with Crippen LogP contribution in [0.4, 0.5) is 0 Å². The van der Waals surface area contributed by atoms with E-state index in [1.807, 2.05) is 72.1 Å². The Morgan fingerprint density at radius 2 is 1.73 bits per heavy atom. The maximum Gasteiger partial charge on any atom is 0.257 e. The number of amides is 1. The van der Waals surface area contributed by atoms with Gasteiger partial charge in [-0.3, -0.25) is 9.48 Å². The maximum absolute atomic E-state index is 13.5. The second kappa shape index (κ2) is 8.71. The van der Waals surface area contributed by atoms with E-state index in [1.54, 1.807) is 7.11 Å². The number of hydrogen-bond acceptors (Lipinski definition) is 4. The predicted octanol–water partition coefficient (Wildman–Crippen LogP) is 3.86. The Hall–Kier alpha value is -3.12. The predicted molar refractivity (Wildman–Crippen MR) is 116 cm³/mol. The van der Waals surface area contributed by atoms with E-state index in [1.165, 1.54) is 0 Å². The quantitative estimate of drug-likeness (QED) is 0.647. The van der Waals surface area contributed by atoms with Crippen LogP contribution in [0.2, 0.25) is 0 Å². The summed E-state index contributed by atoms with van der Waals surface area (Å²) in [6.07, 6.45) is 1.89. The number of carbonyl (C=O) groups excluding carboxylic acids is 1. The average Bonchev–Trinajstić information content (AvgIpc) is 3.17. The summed E-state index contributed by atoms with van der Waals surface area (Å²) in [5, 5.41) is 4.78. The monoisotopic (exact) mass is 405 g/mol. The highest BCUT2D eigenvalue weighted by Gasteiger charge is 2.29. The molecule has 1 aliphatic rings. The highest BCUT2D eigenvalue weighted by molar-refractivity contribution is 6.00. The van der Waals surface area contributed by atoms with Gasteiger partial charge in [-0.15, -0.1) is 0 Å². The third-order valence-electron chi connectivity index (χ3n) is 5.25. The summed E-state index contributed by atoms with van der Waals surface area (Å²) < 4.78 is 12.9. The lowest BCUT2D eigenvalue weighted by atomic mass is 10.1. The number of rotatable bonds is 5. The number of hydrogen-bond donors (Lipinski definition) is 0. The molecule has 0 radical (unpaired) electrons. The van der Waals surface area contributed by atoms with Crippen LogP contribution in [-0.2, 0) is 11.3 Å². The standard InChI is InChI=1S/C24H27N3O3/c1-17-13-26(14-18(2)30-17)24(28)22-16-27(15-19-7-5-4-6-8-19)25-23(22)20-9-11-21(29-3)12-10-20/h4-12,16-18H,13-15H2,1-3H3. The van der Waals surface area contributed by atoms with Crippen molar-refractivity contribution in [2.24, 2.45) is 0 Å². The number of carbonyl (C=O) groups is 1.